The molecule has 0 bridgehead atoms. The van der Waals surface area contributed by atoms with E-state index in [0.717, 1.165) is 6.07 Å². The zero-order valence-electron chi connectivity index (χ0n) is 8.42. The number of carbonyl (C=O) groups excluding carboxylic acids is 2. The van der Waals surface area contributed by atoms with E-state index < -0.39 is 24.1 Å². The maximum Gasteiger partial charge on any atom is 0.315 e. The average Bonchev–Trinajstić information content (AvgIpc) is 2.23. The molecule has 4 nitrogen and oxygen atoms in total. The first-order valence-corrected chi connectivity index (χ1v) is 4.72. The van der Waals surface area contributed by atoms with E-state index in [1.807, 2.05) is 0 Å². The highest BCUT2D eigenvalue weighted by molar-refractivity contribution is 6.31. The number of hydrogen-bond acceptors (Lipinski definition) is 3. The first-order valence-electron chi connectivity index (χ1n) is 4.34. The van der Waals surface area contributed by atoms with Gasteiger partial charge in [0.25, 0.3) is 0 Å². The van der Waals surface area contributed by atoms with E-state index in [2.05, 4.69) is 10.1 Å². The summed E-state index contributed by atoms with van der Waals surface area (Å²) in [5, 5.41) is 2.28. The molecule has 0 spiro atoms. The van der Waals surface area contributed by atoms with Crippen LogP contribution in [0.5, 0.6) is 0 Å². The lowest BCUT2D eigenvalue weighted by Crippen LogP contribution is -2.17. The summed E-state index contributed by atoms with van der Waals surface area (Å²) in [6.45, 7) is 0. The zero-order chi connectivity index (χ0) is 12.1. The standard InChI is InChI=1S/C10H9ClFNO3/c1-16-10(15)5-9(14)13-6-2-3-8(12)7(11)4-6/h2-4H,5H2,1H3,(H,13,14). The molecule has 1 aromatic carbocycles. The molecule has 0 heterocycles. The summed E-state index contributed by atoms with van der Waals surface area (Å²) in [5.41, 5.74) is 0.320. The SMILES string of the molecule is COC(=O)CC(=O)Nc1ccc(F)c(Cl)c1. The van der Waals surface area contributed by atoms with E-state index in [1.165, 1.54) is 19.2 Å². The van der Waals surface area contributed by atoms with Gasteiger partial charge in [-0.1, -0.05) is 11.6 Å². The fourth-order valence-corrected chi connectivity index (χ4v) is 1.16. The molecule has 1 N–H and O–H groups in total. The highest BCUT2D eigenvalue weighted by Gasteiger charge is 2.10. The van der Waals surface area contributed by atoms with Crippen LogP contribution in [-0.4, -0.2) is 19.0 Å². The molecule has 86 valence electrons. The molecular formula is C10H9ClFNO3. The minimum atomic E-state index is -0.647. The largest absolute Gasteiger partial charge is 0.469 e. The minimum Gasteiger partial charge on any atom is -0.469 e. The fourth-order valence-electron chi connectivity index (χ4n) is 0.982. The van der Waals surface area contributed by atoms with Crippen molar-refractivity contribution < 1.29 is 18.7 Å². The van der Waals surface area contributed by atoms with E-state index in [0.29, 0.717) is 5.69 Å². The Morgan fingerprint density at radius 3 is 2.75 bits per heavy atom. The molecule has 0 aliphatic heterocycles. The zero-order valence-corrected chi connectivity index (χ0v) is 9.18. The second-order valence-corrected chi connectivity index (χ2v) is 3.34. The van der Waals surface area contributed by atoms with Crippen LogP contribution in [0.15, 0.2) is 18.2 Å². The Bertz CT molecular complexity index is 423. The van der Waals surface area contributed by atoms with Crippen molar-refractivity contribution in [1.29, 1.82) is 0 Å². The Labute approximate surface area is 96.3 Å². The number of esters is 1. The third-order valence-corrected chi connectivity index (χ3v) is 2.03. The summed E-state index contributed by atoms with van der Waals surface area (Å²) in [7, 11) is 1.18. The molecule has 0 aliphatic carbocycles. The van der Waals surface area contributed by atoms with Crippen LogP contribution < -0.4 is 5.32 Å². The number of carbonyl (C=O) groups is 2. The van der Waals surface area contributed by atoms with Gasteiger partial charge in [0.15, 0.2) is 0 Å². The molecule has 0 aromatic heterocycles. The van der Waals surface area contributed by atoms with Crippen LogP contribution in [0.2, 0.25) is 5.02 Å². The van der Waals surface area contributed by atoms with E-state index >= 15 is 0 Å². The van der Waals surface area contributed by atoms with Gasteiger partial charge in [-0.3, -0.25) is 9.59 Å². The van der Waals surface area contributed by atoms with E-state index in [4.69, 9.17) is 11.6 Å². The summed E-state index contributed by atoms with van der Waals surface area (Å²) >= 11 is 5.51. The number of amides is 1. The van der Waals surface area contributed by atoms with Crippen LogP contribution in [0.3, 0.4) is 0 Å². The number of ether oxygens (including phenoxy) is 1. The van der Waals surface area contributed by atoms with Gasteiger partial charge < -0.3 is 10.1 Å². The first kappa shape index (κ1) is 12.4. The molecule has 0 saturated heterocycles. The number of methoxy groups -OCH3 is 1. The topological polar surface area (TPSA) is 55.4 Å². The van der Waals surface area contributed by atoms with Gasteiger partial charge in [0, 0.05) is 5.69 Å². The quantitative estimate of drug-likeness (QED) is 0.654. The first-order chi connectivity index (χ1) is 7.52. The van der Waals surface area contributed by atoms with Gasteiger partial charge >= 0.3 is 5.97 Å². The second-order valence-electron chi connectivity index (χ2n) is 2.93. The molecule has 0 fully saturated rings. The van der Waals surface area contributed by atoms with Crippen LogP contribution in [0.25, 0.3) is 0 Å². The number of halogens is 2. The van der Waals surface area contributed by atoms with Crippen molar-refractivity contribution in [3.8, 4) is 0 Å². The van der Waals surface area contributed by atoms with Gasteiger partial charge in [-0.05, 0) is 18.2 Å². The lowest BCUT2D eigenvalue weighted by atomic mass is 10.3. The predicted octanol–water partition coefficient (Wildman–Crippen LogP) is 1.98. The lowest BCUT2D eigenvalue weighted by molar-refractivity contribution is -0.142. The van der Waals surface area contributed by atoms with Gasteiger partial charge in [-0.25, -0.2) is 4.39 Å². The Morgan fingerprint density at radius 2 is 2.19 bits per heavy atom. The van der Waals surface area contributed by atoms with Gasteiger partial charge in [0.2, 0.25) is 5.91 Å². The molecule has 0 unspecified atom stereocenters. The molecule has 1 amide bonds. The van der Waals surface area contributed by atoms with Crippen molar-refractivity contribution in [3.63, 3.8) is 0 Å². The Kier molecular flexibility index (Phi) is 4.25. The number of anilines is 1. The third-order valence-electron chi connectivity index (χ3n) is 1.74. The van der Waals surface area contributed by atoms with Crippen LogP contribution in [0.1, 0.15) is 6.42 Å². The van der Waals surface area contributed by atoms with Crippen LogP contribution >= 0.6 is 11.6 Å². The third kappa shape index (κ3) is 3.51. The van der Waals surface area contributed by atoms with Crippen molar-refractivity contribution in [2.24, 2.45) is 0 Å². The number of rotatable bonds is 3. The highest BCUT2D eigenvalue weighted by Crippen LogP contribution is 2.19. The summed E-state index contributed by atoms with van der Waals surface area (Å²) in [6, 6.07) is 3.72. The molecule has 1 aromatic rings. The normalized spacial score (nSPS) is 9.69. The Morgan fingerprint density at radius 1 is 1.50 bits per heavy atom. The van der Waals surface area contributed by atoms with Gasteiger partial charge in [-0.2, -0.15) is 0 Å². The molecule has 0 aliphatic rings. The number of hydrogen-bond donors (Lipinski definition) is 1. The second kappa shape index (κ2) is 5.46. The van der Waals surface area contributed by atoms with E-state index in [1.54, 1.807) is 0 Å². The Hall–Kier alpha value is -1.62. The van der Waals surface area contributed by atoms with E-state index in [-0.39, 0.29) is 5.02 Å². The van der Waals surface area contributed by atoms with Crippen LogP contribution in [0.4, 0.5) is 10.1 Å². The van der Waals surface area contributed by atoms with Gasteiger partial charge in [-0.15, -0.1) is 0 Å². The lowest BCUT2D eigenvalue weighted by Gasteiger charge is -2.04. The van der Waals surface area contributed by atoms with Crippen molar-refractivity contribution in [1.82, 2.24) is 0 Å². The smallest absolute Gasteiger partial charge is 0.315 e. The van der Waals surface area contributed by atoms with Gasteiger partial charge in [0.1, 0.15) is 12.2 Å². The molecule has 0 atom stereocenters. The van der Waals surface area contributed by atoms with Crippen molar-refractivity contribution >= 4 is 29.2 Å². The molecule has 0 radical (unpaired) electrons. The van der Waals surface area contributed by atoms with Gasteiger partial charge in [0.05, 0.1) is 12.1 Å². The number of nitrogens with one attached hydrogen (secondary N) is 1. The van der Waals surface area contributed by atoms with Crippen molar-refractivity contribution in [2.75, 3.05) is 12.4 Å². The van der Waals surface area contributed by atoms with Crippen LogP contribution in [-0.2, 0) is 14.3 Å². The summed E-state index contributed by atoms with van der Waals surface area (Å²) < 4.78 is 17.1. The monoisotopic (exact) mass is 245 g/mol. The van der Waals surface area contributed by atoms with Crippen LogP contribution in [0, 0.1) is 5.82 Å². The molecule has 0 saturated carbocycles. The molecular weight excluding hydrogens is 237 g/mol. The molecule has 1 rings (SSSR count). The fraction of sp³-hybridized carbons (Fsp3) is 0.200. The average molecular weight is 246 g/mol. The maximum atomic E-state index is 12.8. The molecule has 6 heteroatoms. The highest BCUT2D eigenvalue weighted by atomic mass is 35.5. The summed E-state index contributed by atoms with van der Waals surface area (Å²) in [4.78, 5) is 22.0. The maximum absolute atomic E-state index is 12.8. The minimum absolute atomic E-state index is 0.101. The predicted molar refractivity (Wildman–Crippen MR) is 56.7 cm³/mol. The van der Waals surface area contributed by atoms with E-state index in [9.17, 15) is 14.0 Å². The number of benzene rings is 1. The summed E-state index contributed by atoms with van der Waals surface area (Å²) in [5.74, 6) is -1.77. The summed E-state index contributed by atoms with van der Waals surface area (Å²) in [6.07, 6.45) is -0.397. The van der Waals surface area contributed by atoms with Crippen molar-refractivity contribution in [3.05, 3.63) is 29.0 Å². The Balaban J connectivity index is 2.63. The van der Waals surface area contributed by atoms with Crippen molar-refractivity contribution in [2.45, 2.75) is 6.42 Å². The molecule has 16 heavy (non-hydrogen) atoms.